The molecule has 6 heteroatoms. The van der Waals surface area contributed by atoms with E-state index in [1.165, 1.54) is 82.0 Å². The fourth-order valence-corrected chi connectivity index (χ4v) is 6.33. The topological polar surface area (TPSA) is 28.2 Å². The van der Waals surface area contributed by atoms with Gasteiger partial charge in [0.05, 0.1) is 0 Å². The molecule has 1 unspecified atom stereocenters. The van der Waals surface area contributed by atoms with E-state index in [0.29, 0.717) is 6.79 Å². The van der Waals surface area contributed by atoms with Gasteiger partial charge in [0.2, 0.25) is 6.79 Å². The number of benzene rings is 1. The van der Waals surface area contributed by atoms with Gasteiger partial charge in [-0.15, -0.1) is 0 Å². The lowest BCUT2D eigenvalue weighted by Crippen LogP contribution is -2.56. The van der Waals surface area contributed by atoms with Gasteiger partial charge in [0.25, 0.3) is 0 Å². The summed E-state index contributed by atoms with van der Waals surface area (Å²) in [7, 11) is 0. The maximum atomic E-state index is 5.53. The summed E-state index contributed by atoms with van der Waals surface area (Å²) in [5.41, 5.74) is 1.33. The predicted octanol–water partition coefficient (Wildman–Crippen LogP) is 2.89. The quantitative estimate of drug-likeness (QED) is 0.768. The number of fused-ring (bicyclic) bond motifs is 1. The van der Waals surface area contributed by atoms with Crippen molar-refractivity contribution in [2.75, 3.05) is 57.6 Å². The van der Waals surface area contributed by atoms with Gasteiger partial charge < -0.3 is 9.47 Å². The van der Waals surface area contributed by atoms with Crippen molar-refractivity contribution in [2.24, 2.45) is 0 Å². The summed E-state index contributed by atoms with van der Waals surface area (Å²) in [6, 6.07) is 8.01. The summed E-state index contributed by atoms with van der Waals surface area (Å²) < 4.78 is 11.0. The monoisotopic (exact) mass is 403 g/mol. The molecule has 0 aromatic heterocycles. The second kappa shape index (κ2) is 8.82. The van der Waals surface area contributed by atoms with E-state index in [1.54, 1.807) is 0 Å². The predicted molar refractivity (Wildman–Crippen MR) is 114 cm³/mol. The van der Waals surface area contributed by atoms with Crippen molar-refractivity contribution in [1.82, 2.24) is 14.7 Å². The maximum absolute atomic E-state index is 5.53. The van der Waals surface area contributed by atoms with Gasteiger partial charge in [-0.25, -0.2) is 0 Å². The number of thioether (sulfide) groups is 1. The Labute approximate surface area is 173 Å². The third-order valence-corrected chi connectivity index (χ3v) is 7.95. The van der Waals surface area contributed by atoms with Gasteiger partial charge in [-0.05, 0) is 61.4 Å². The van der Waals surface area contributed by atoms with Crippen LogP contribution < -0.4 is 9.47 Å². The van der Waals surface area contributed by atoms with Crippen molar-refractivity contribution in [3.8, 4) is 11.5 Å². The Morgan fingerprint density at radius 2 is 1.68 bits per heavy atom. The molecule has 4 aliphatic heterocycles. The molecule has 1 aromatic carbocycles. The van der Waals surface area contributed by atoms with Crippen molar-refractivity contribution in [2.45, 2.75) is 44.3 Å². The van der Waals surface area contributed by atoms with Crippen molar-refractivity contribution < 1.29 is 9.47 Å². The largest absolute Gasteiger partial charge is 0.454 e. The van der Waals surface area contributed by atoms with Gasteiger partial charge in [0.1, 0.15) is 0 Å². The number of nitrogens with zero attached hydrogens (tertiary/aromatic N) is 3. The minimum absolute atomic E-state index is 0.357. The van der Waals surface area contributed by atoms with Gasteiger partial charge in [0, 0.05) is 51.4 Å². The molecule has 1 atom stereocenters. The molecule has 4 aliphatic rings. The summed E-state index contributed by atoms with van der Waals surface area (Å²) in [6.45, 7) is 8.77. The third-order valence-electron chi connectivity index (χ3n) is 6.90. The molecular formula is C22H33N3O2S. The van der Waals surface area contributed by atoms with Crippen LogP contribution in [-0.2, 0) is 6.54 Å². The van der Waals surface area contributed by atoms with Gasteiger partial charge >= 0.3 is 0 Å². The summed E-state index contributed by atoms with van der Waals surface area (Å²) in [5, 5.41) is 0. The van der Waals surface area contributed by atoms with Gasteiger partial charge in [-0.1, -0.05) is 6.07 Å². The van der Waals surface area contributed by atoms with Crippen LogP contribution in [0, 0.1) is 0 Å². The first-order chi connectivity index (χ1) is 13.8. The van der Waals surface area contributed by atoms with E-state index in [9.17, 15) is 0 Å². The third kappa shape index (κ3) is 4.30. The molecule has 0 amide bonds. The Hall–Kier alpha value is -0.950. The van der Waals surface area contributed by atoms with E-state index in [2.05, 4.69) is 38.6 Å². The van der Waals surface area contributed by atoms with Crippen molar-refractivity contribution in [1.29, 1.82) is 0 Å². The number of ether oxygens (including phenoxy) is 2. The Bertz CT molecular complexity index is 659. The van der Waals surface area contributed by atoms with Crippen LogP contribution in [0.25, 0.3) is 0 Å². The summed E-state index contributed by atoms with van der Waals surface area (Å²) in [6.07, 6.45) is 5.58. The van der Waals surface area contributed by atoms with Crippen LogP contribution >= 0.6 is 11.8 Å². The number of hydrogen-bond acceptors (Lipinski definition) is 6. The van der Waals surface area contributed by atoms with Gasteiger partial charge in [-0.3, -0.25) is 14.7 Å². The molecule has 5 rings (SSSR count). The number of rotatable bonds is 4. The molecule has 5 nitrogen and oxygen atoms in total. The highest BCUT2D eigenvalue weighted by molar-refractivity contribution is 7.99. The number of hydrogen-bond donors (Lipinski definition) is 0. The molecule has 0 bridgehead atoms. The molecule has 154 valence electrons. The summed E-state index contributed by atoms with van der Waals surface area (Å²) in [5.74, 6) is 4.51. The fraction of sp³-hybridized carbons (Fsp3) is 0.727. The molecule has 0 aliphatic carbocycles. The number of piperidine rings is 1. The van der Waals surface area contributed by atoms with Crippen LogP contribution in [0.4, 0.5) is 0 Å². The first kappa shape index (κ1) is 19.0. The van der Waals surface area contributed by atoms with Crippen molar-refractivity contribution in [3.05, 3.63) is 23.8 Å². The molecule has 0 spiro atoms. The van der Waals surface area contributed by atoms with E-state index < -0.39 is 0 Å². The molecule has 0 radical (unpaired) electrons. The van der Waals surface area contributed by atoms with Crippen LogP contribution in [-0.4, -0.2) is 84.4 Å². The maximum Gasteiger partial charge on any atom is 0.231 e. The number of likely N-dealkylation sites (tertiary alicyclic amines) is 1. The van der Waals surface area contributed by atoms with Gasteiger partial charge in [-0.2, -0.15) is 11.8 Å². The van der Waals surface area contributed by atoms with Crippen LogP contribution in [0.2, 0.25) is 0 Å². The van der Waals surface area contributed by atoms with Crippen LogP contribution in [0.5, 0.6) is 11.5 Å². The van der Waals surface area contributed by atoms with E-state index in [-0.39, 0.29) is 0 Å². The lowest BCUT2D eigenvalue weighted by molar-refractivity contribution is 0.0344. The van der Waals surface area contributed by atoms with E-state index >= 15 is 0 Å². The molecule has 1 aromatic rings. The molecule has 3 fully saturated rings. The Morgan fingerprint density at radius 1 is 0.857 bits per heavy atom. The molecule has 0 N–H and O–H groups in total. The molecule has 28 heavy (non-hydrogen) atoms. The second-order valence-corrected chi connectivity index (χ2v) is 9.86. The minimum Gasteiger partial charge on any atom is -0.454 e. The summed E-state index contributed by atoms with van der Waals surface area (Å²) in [4.78, 5) is 8.19. The number of piperazine rings is 1. The first-order valence-corrected chi connectivity index (χ1v) is 12.2. The van der Waals surface area contributed by atoms with Crippen LogP contribution in [0.15, 0.2) is 18.2 Å². The van der Waals surface area contributed by atoms with Crippen LogP contribution in [0.1, 0.15) is 31.2 Å². The summed E-state index contributed by atoms with van der Waals surface area (Å²) >= 11 is 2.14. The smallest absolute Gasteiger partial charge is 0.231 e. The molecular weight excluding hydrogens is 370 g/mol. The Balaban J connectivity index is 1.11. The minimum atomic E-state index is 0.357. The van der Waals surface area contributed by atoms with E-state index in [4.69, 9.17) is 9.47 Å². The van der Waals surface area contributed by atoms with E-state index in [1.807, 2.05) is 6.07 Å². The lowest BCUT2D eigenvalue weighted by Gasteiger charge is -2.46. The Kier molecular flexibility index (Phi) is 6.00. The second-order valence-electron chi connectivity index (χ2n) is 8.63. The highest BCUT2D eigenvalue weighted by Gasteiger charge is 2.31. The van der Waals surface area contributed by atoms with Gasteiger partial charge in [0.15, 0.2) is 11.5 Å². The normalized spacial score (nSPS) is 27.9. The Morgan fingerprint density at radius 3 is 2.54 bits per heavy atom. The zero-order valence-electron chi connectivity index (χ0n) is 16.9. The molecule has 0 saturated carbocycles. The van der Waals surface area contributed by atoms with Crippen molar-refractivity contribution >= 4 is 11.8 Å². The highest BCUT2D eigenvalue weighted by Crippen LogP contribution is 2.33. The van der Waals surface area contributed by atoms with Crippen molar-refractivity contribution in [3.63, 3.8) is 0 Å². The molecule has 3 saturated heterocycles. The van der Waals surface area contributed by atoms with E-state index in [0.717, 1.165) is 30.1 Å². The highest BCUT2D eigenvalue weighted by atomic mass is 32.2. The average Bonchev–Trinajstić information content (AvgIpc) is 3.23. The zero-order chi connectivity index (χ0) is 18.8. The zero-order valence-corrected chi connectivity index (χ0v) is 17.7. The standard InChI is InChI=1S/C22H33N3O2S/c1-2-20(16-25(7-1)19-5-12-28-13-6-19)24-10-8-23(9-11-24)15-18-3-4-21-22(14-18)27-17-26-21/h3-4,14,19-20H,1-2,5-13,15-17H2. The first-order valence-electron chi connectivity index (χ1n) is 11.0. The molecule has 4 heterocycles. The average molecular weight is 404 g/mol. The fourth-order valence-electron chi connectivity index (χ4n) is 5.25. The SMILES string of the molecule is c1cc2c(cc1CN1CCN(C3CCCN(C4CCSCC4)C3)CC1)OCO2. The lowest BCUT2D eigenvalue weighted by atomic mass is 9.99. The van der Waals surface area contributed by atoms with Crippen LogP contribution in [0.3, 0.4) is 0 Å².